The van der Waals surface area contributed by atoms with Gasteiger partial charge < -0.3 is 31.2 Å². The third-order valence-electron chi connectivity index (χ3n) is 5.44. The first-order valence-corrected chi connectivity index (χ1v) is 10.2. The molecule has 0 aliphatic carbocycles. The molecule has 0 saturated carbocycles. The van der Waals surface area contributed by atoms with Crippen LogP contribution >= 0.6 is 0 Å². The Kier molecular flexibility index (Phi) is 8.20. The van der Waals surface area contributed by atoms with Gasteiger partial charge in [0, 0.05) is 33.3 Å². The second-order valence-electron chi connectivity index (χ2n) is 7.23. The van der Waals surface area contributed by atoms with Gasteiger partial charge in [-0.15, -0.1) is 5.10 Å². The molecule has 0 N–H and O–H groups in total. The minimum Gasteiger partial charge on any atom is -1.00 e. The van der Waals surface area contributed by atoms with Crippen molar-refractivity contribution in [3.63, 3.8) is 0 Å². The number of hydrogen-bond acceptors (Lipinski definition) is 8. The van der Waals surface area contributed by atoms with E-state index in [-0.39, 0.29) is 24.4 Å². The smallest absolute Gasteiger partial charge is 0.289 e. The molecule has 1 aromatic carbocycles. The van der Waals surface area contributed by atoms with Crippen molar-refractivity contribution in [2.24, 2.45) is 0 Å². The van der Waals surface area contributed by atoms with E-state index in [1.54, 1.807) is 31.0 Å². The highest BCUT2D eigenvalue weighted by Gasteiger charge is 2.32. The molecule has 0 bridgehead atoms. The molecule has 11 heteroatoms. The van der Waals surface area contributed by atoms with Crippen molar-refractivity contribution < 1.29 is 31.1 Å². The fourth-order valence-corrected chi connectivity index (χ4v) is 3.79. The maximum absolute atomic E-state index is 12.6. The van der Waals surface area contributed by atoms with Gasteiger partial charge in [0.05, 0.1) is 32.6 Å². The first-order valence-electron chi connectivity index (χ1n) is 10.2. The quantitative estimate of drug-likeness (QED) is 0.398. The number of piperazine rings is 1. The summed E-state index contributed by atoms with van der Waals surface area (Å²) in [6.07, 6.45) is 1.52. The van der Waals surface area contributed by atoms with E-state index in [0.717, 1.165) is 17.1 Å². The fourth-order valence-electron chi connectivity index (χ4n) is 3.79. The Hall–Kier alpha value is -2.95. The van der Waals surface area contributed by atoms with Gasteiger partial charge in [-0.1, -0.05) is 12.1 Å². The Morgan fingerprint density at radius 3 is 2.50 bits per heavy atom. The molecule has 172 valence electrons. The zero-order valence-corrected chi connectivity index (χ0v) is 18.8. The lowest BCUT2D eigenvalue weighted by Crippen LogP contribution is -3.00. The van der Waals surface area contributed by atoms with Crippen LogP contribution in [0, 0.1) is 0 Å². The van der Waals surface area contributed by atoms with Crippen LogP contribution in [-0.2, 0) is 11.3 Å². The number of ether oxygens (including phenoxy) is 2. The Balaban J connectivity index is 0.00000289. The number of methoxy groups -OCH3 is 2. The van der Waals surface area contributed by atoms with E-state index in [2.05, 4.69) is 20.4 Å². The van der Waals surface area contributed by atoms with Gasteiger partial charge in [-0.05, 0) is 40.3 Å². The minimum atomic E-state index is -0.154. The third kappa shape index (κ3) is 5.09. The lowest BCUT2D eigenvalue weighted by Gasteiger charge is -2.38. The number of carbonyl (C=O) groups is 1. The Labute approximate surface area is 192 Å². The van der Waals surface area contributed by atoms with Crippen LogP contribution in [0.4, 0.5) is 0 Å². The molecule has 0 radical (unpaired) electrons. The Morgan fingerprint density at radius 1 is 1.12 bits per heavy atom. The van der Waals surface area contributed by atoms with Crippen molar-refractivity contribution in [3.8, 4) is 5.75 Å². The van der Waals surface area contributed by atoms with Crippen molar-refractivity contribution >= 4 is 5.91 Å². The summed E-state index contributed by atoms with van der Waals surface area (Å²) < 4.78 is 17.6. The molecule has 3 aromatic rings. The third-order valence-corrected chi connectivity index (χ3v) is 5.44. The largest absolute Gasteiger partial charge is 1.00 e. The summed E-state index contributed by atoms with van der Waals surface area (Å²) in [5.74, 6) is 1.81. The highest BCUT2D eigenvalue weighted by molar-refractivity contribution is 5.91. The number of tetrazole rings is 1. The van der Waals surface area contributed by atoms with Gasteiger partial charge in [-0.25, -0.2) is 4.68 Å². The second kappa shape index (κ2) is 11.1. The van der Waals surface area contributed by atoms with Gasteiger partial charge in [0.1, 0.15) is 5.75 Å². The first-order chi connectivity index (χ1) is 15.2. The lowest BCUT2D eigenvalue weighted by atomic mass is 10.0. The number of hydrogen-bond donors (Lipinski definition) is 0. The van der Waals surface area contributed by atoms with Gasteiger partial charge in [0.15, 0.2) is 11.6 Å². The van der Waals surface area contributed by atoms with Gasteiger partial charge >= 0.3 is 0 Å². The van der Waals surface area contributed by atoms with Crippen molar-refractivity contribution in [3.05, 3.63) is 59.8 Å². The number of aromatic nitrogens is 4. The molecular weight excluding hydrogens is 436 g/mol. The maximum atomic E-state index is 12.6. The van der Waals surface area contributed by atoms with Gasteiger partial charge in [0.25, 0.3) is 5.91 Å². The molecule has 4 rings (SSSR count). The van der Waals surface area contributed by atoms with E-state index in [1.807, 2.05) is 29.2 Å². The highest BCUT2D eigenvalue weighted by Crippen LogP contribution is 2.29. The van der Waals surface area contributed by atoms with E-state index in [4.69, 9.17) is 13.9 Å². The zero-order chi connectivity index (χ0) is 21.6. The van der Waals surface area contributed by atoms with Crippen LogP contribution in [-0.4, -0.2) is 82.9 Å². The summed E-state index contributed by atoms with van der Waals surface area (Å²) >= 11 is 0. The van der Waals surface area contributed by atoms with Crippen LogP contribution in [0.3, 0.4) is 0 Å². The summed E-state index contributed by atoms with van der Waals surface area (Å²) in [5.41, 5.74) is 1.06. The standard InChI is InChI=1S/C21H26N6O4.ClH/c1-29-15-13-27-20(22-23-24-27)19(16-5-7-17(30-2)8-6-16)25-9-11-26(12-10-25)21(28)18-4-3-14-31-18;/h3-8,14,19H,9-13,15H2,1-2H3;1H/p-1. The van der Waals surface area contributed by atoms with Crippen LogP contribution in [0.15, 0.2) is 47.1 Å². The monoisotopic (exact) mass is 461 g/mol. The molecule has 1 saturated heterocycles. The molecule has 2 aromatic heterocycles. The zero-order valence-electron chi connectivity index (χ0n) is 18.1. The van der Waals surface area contributed by atoms with Gasteiger partial charge in [-0.3, -0.25) is 9.69 Å². The number of furan rings is 1. The molecular formula is C21H26ClN6O4-. The van der Waals surface area contributed by atoms with E-state index in [1.165, 1.54) is 6.26 Å². The average Bonchev–Trinajstić information content (AvgIpc) is 3.51. The topological polar surface area (TPSA) is 98.7 Å². The normalized spacial score (nSPS) is 15.2. The summed E-state index contributed by atoms with van der Waals surface area (Å²) in [5, 5.41) is 12.4. The molecule has 1 aliphatic heterocycles. The lowest BCUT2D eigenvalue weighted by molar-refractivity contribution is -0.0000179. The van der Waals surface area contributed by atoms with Crippen molar-refractivity contribution in [2.75, 3.05) is 47.0 Å². The molecule has 1 aliphatic rings. The summed E-state index contributed by atoms with van der Waals surface area (Å²) in [6, 6.07) is 11.2. The number of amides is 1. The summed E-state index contributed by atoms with van der Waals surface area (Å²) in [6.45, 7) is 3.61. The summed E-state index contributed by atoms with van der Waals surface area (Å²) in [4.78, 5) is 16.7. The number of nitrogens with zero attached hydrogens (tertiary/aromatic N) is 6. The highest BCUT2D eigenvalue weighted by atomic mass is 35.5. The average molecular weight is 462 g/mol. The predicted molar refractivity (Wildman–Crippen MR) is 111 cm³/mol. The van der Waals surface area contributed by atoms with Crippen LogP contribution in [0.2, 0.25) is 0 Å². The maximum Gasteiger partial charge on any atom is 0.289 e. The van der Waals surface area contributed by atoms with Crippen LogP contribution in [0.5, 0.6) is 5.75 Å². The molecule has 1 atom stereocenters. The first kappa shape index (κ1) is 23.7. The van der Waals surface area contributed by atoms with Crippen molar-refractivity contribution in [1.82, 2.24) is 30.0 Å². The number of rotatable bonds is 8. The fraction of sp³-hybridized carbons (Fsp3) is 0.429. The van der Waals surface area contributed by atoms with Crippen molar-refractivity contribution in [2.45, 2.75) is 12.6 Å². The van der Waals surface area contributed by atoms with E-state index in [9.17, 15) is 4.79 Å². The molecule has 3 heterocycles. The number of benzene rings is 1. The van der Waals surface area contributed by atoms with Crippen LogP contribution in [0.25, 0.3) is 0 Å². The molecule has 32 heavy (non-hydrogen) atoms. The van der Waals surface area contributed by atoms with Crippen LogP contribution < -0.4 is 17.1 Å². The van der Waals surface area contributed by atoms with Crippen molar-refractivity contribution in [1.29, 1.82) is 0 Å². The van der Waals surface area contributed by atoms with E-state index >= 15 is 0 Å². The summed E-state index contributed by atoms with van der Waals surface area (Å²) in [7, 11) is 3.30. The molecule has 1 unspecified atom stereocenters. The number of carbonyl (C=O) groups excluding carboxylic acids is 1. The molecule has 10 nitrogen and oxygen atoms in total. The van der Waals surface area contributed by atoms with Crippen LogP contribution in [0.1, 0.15) is 28.0 Å². The second-order valence-corrected chi connectivity index (χ2v) is 7.23. The molecule has 1 amide bonds. The minimum absolute atomic E-state index is 0. The Bertz CT molecular complexity index is 971. The van der Waals surface area contributed by atoms with Gasteiger partial charge in [0.2, 0.25) is 0 Å². The SMILES string of the molecule is COCCn1nnnc1C(c1ccc(OC)cc1)N1CCN(C(=O)c2ccco2)CC1.[Cl-]. The number of halogens is 1. The van der Waals surface area contributed by atoms with Gasteiger partial charge in [-0.2, -0.15) is 0 Å². The molecule has 1 fully saturated rings. The Morgan fingerprint density at radius 2 is 1.88 bits per heavy atom. The van der Waals surface area contributed by atoms with E-state index in [0.29, 0.717) is 45.1 Å². The molecule has 0 spiro atoms. The predicted octanol–water partition coefficient (Wildman–Crippen LogP) is -1.53. The van der Waals surface area contributed by atoms with E-state index < -0.39 is 0 Å².